The smallest absolute Gasteiger partial charge is 0.130 e. The molecule has 0 unspecified atom stereocenters. The van der Waals surface area contributed by atoms with E-state index in [1.807, 2.05) is 0 Å². The number of ether oxygens (including phenoxy) is 2. The topological polar surface area (TPSA) is 44.5 Å². The Morgan fingerprint density at radius 3 is 2.21 bits per heavy atom. The predicted octanol–water partition coefficient (Wildman–Crippen LogP) is 3.75. The lowest BCUT2D eigenvalue weighted by atomic mass is 10.0. The molecule has 0 radical (unpaired) electrons. The molecule has 0 heterocycles. The third-order valence-electron chi connectivity index (χ3n) is 2.79. The minimum atomic E-state index is -0.470. The third kappa shape index (κ3) is 2.44. The van der Waals surface area contributed by atoms with Crippen LogP contribution in [0.25, 0.3) is 11.1 Å². The van der Waals surface area contributed by atoms with Gasteiger partial charge in [0.25, 0.3) is 0 Å². The monoisotopic (exact) mass is 281 g/mol. The van der Waals surface area contributed by atoms with Crippen LogP contribution in [-0.4, -0.2) is 14.2 Å². The SMILES string of the molecule is COc1cccc(OC)c1-c1cc(F)cc(Cl)c1N. The minimum Gasteiger partial charge on any atom is -0.496 e. The van der Waals surface area contributed by atoms with Gasteiger partial charge in [-0.05, 0) is 24.3 Å². The van der Waals surface area contributed by atoms with E-state index >= 15 is 0 Å². The highest BCUT2D eigenvalue weighted by Crippen LogP contribution is 2.43. The number of hydrogen-bond donors (Lipinski definition) is 1. The van der Waals surface area contributed by atoms with Crippen LogP contribution >= 0.6 is 11.6 Å². The molecule has 0 spiro atoms. The summed E-state index contributed by atoms with van der Waals surface area (Å²) in [4.78, 5) is 0. The van der Waals surface area contributed by atoms with Crippen molar-refractivity contribution in [2.24, 2.45) is 0 Å². The molecule has 0 bridgehead atoms. The molecular weight excluding hydrogens is 269 g/mol. The van der Waals surface area contributed by atoms with Crippen LogP contribution in [-0.2, 0) is 0 Å². The summed E-state index contributed by atoms with van der Waals surface area (Å²) in [5.41, 5.74) is 7.22. The molecule has 2 rings (SSSR count). The van der Waals surface area contributed by atoms with Crippen molar-refractivity contribution in [1.29, 1.82) is 0 Å². The maximum Gasteiger partial charge on any atom is 0.130 e. The van der Waals surface area contributed by atoms with Gasteiger partial charge in [0.05, 0.1) is 30.5 Å². The summed E-state index contributed by atoms with van der Waals surface area (Å²) in [6, 6.07) is 7.74. The lowest BCUT2D eigenvalue weighted by molar-refractivity contribution is 0.397. The molecule has 0 saturated carbocycles. The Hall–Kier alpha value is -1.94. The molecule has 100 valence electrons. The van der Waals surface area contributed by atoms with Crippen molar-refractivity contribution in [1.82, 2.24) is 0 Å². The van der Waals surface area contributed by atoms with Gasteiger partial charge < -0.3 is 15.2 Å². The maximum atomic E-state index is 13.5. The number of methoxy groups -OCH3 is 2. The molecule has 2 N–H and O–H groups in total. The molecule has 5 heteroatoms. The molecule has 0 aromatic heterocycles. The van der Waals surface area contributed by atoms with E-state index in [0.29, 0.717) is 22.6 Å². The first-order chi connectivity index (χ1) is 9.08. The van der Waals surface area contributed by atoms with Gasteiger partial charge in [-0.25, -0.2) is 4.39 Å². The summed E-state index contributed by atoms with van der Waals surface area (Å²) in [6.45, 7) is 0. The first-order valence-corrected chi connectivity index (χ1v) is 5.92. The molecule has 3 nitrogen and oxygen atoms in total. The summed E-state index contributed by atoms with van der Waals surface area (Å²) in [6.07, 6.45) is 0. The van der Waals surface area contributed by atoms with Crippen LogP contribution in [0, 0.1) is 5.82 Å². The first kappa shape index (κ1) is 13.5. The largest absolute Gasteiger partial charge is 0.496 e. The van der Waals surface area contributed by atoms with E-state index < -0.39 is 5.82 Å². The van der Waals surface area contributed by atoms with Gasteiger partial charge in [0.2, 0.25) is 0 Å². The van der Waals surface area contributed by atoms with E-state index in [4.69, 9.17) is 26.8 Å². The van der Waals surface area contributed by atoms with Crippen LogP contribution in [0.3, 0.4) is 0 Å². The van der Waals surface area contributed by atoms with Crippen LogP contribution < -0.4 is 15.2 Å². The van der Waals surface area contributed by atoms with Crippen LogP contribution in [0.4, 0.5) is 10.1 Å². The Morgan fingerprint density at radius 1 is 1.11 bits per heavy atom. The average molecular weight is 282 g/mol. The first-order valence-electron chi connectivity index (χ1n) is 5.54. The van der Waals surface area contributed by atoms with Crippen molar-refractivity contribution in [2.45, 2.75) is 0 Å². The molecular formula is C14H13ClFNO2. The fraction of sp³-hybridized carbons (Fsp3) is 0.143. The van der Waals surface area contributed by atoms with Crippen LogP contribution in [0.5, 0.6) is 11.5 Å². The molecule has 2 aromatic rings. The molecule has 0 saturated heterocycles. The van der Waals surface area contributed by atoms with E-state index in [1.54, 1.807) is 18.2 Å². The third-order valence-corrected chi connectivity index (χ3v) is 3.10. The zero-order valence-electron chi connectivity index (χ0n) is 10.5. The lowest BCUT2D eigenvalue weighted by Gasteiger charge is -2.15. The fourth-order valence-corrected chi connectivity index (χ4v) is 2.11. The predicted molar refractivity (Wildman–Crippen MR) is 74.4 cm³/mol. The number of anilines is 1. The maximum absolute atomic E-state index is 13.5. The average Bonchev–Trinajstić information content (AvgIpc) is 2.41. The normalized spacial score (nSPS) is 10.3. The van der Waals surface area contributed by atoms with Gasteiger partial charge in [0.15, 0.2) is 0 Å². The van der Waals surface area contributed by atoms with Gasteiger partial charge in [0, 0.05) is 5.56 Å². The van der Waals surface area contributed by atoms with Crippen LogP contribution in [0.15, 0.2) is 30.3 Å². The molecule has 0 aliphatic rings. The quantitative estimate of drug-likeness (QED) is 0.872. The highest BCUT2D eigenvalue weighted by Gasteiger charge is 2.17. The lowest BCUT2D eigenvalue weighted by Crippen LogP contribution is -1.98. The zero-order chi connectivity index (χ0) is 14.0. The number of rotatable bonds is 3. The number of hydrogen-bond acceptors (Lipinski definition) is 3. The molecule has 0 aliphatic heterocycles. The van der Waals surface area contributed by atoms with Gasteiger partial charge in [-0.3, -0.25) is 0 Å². The van der Waals surface area contributed by atoms with E-state index in [0.717, 1.165) is 0 Å². The number of nitrogen functional groups attached to an aromatic ring is 1. The van der Waals surface area contributed by atoms with E-state index in [9.17, 15) is 4.39 Å². The van der Waals surface area contributed by atoms with Gasteiger partial charge in [-0.2, -0.15) is 0 Å². The Balaban J connectivity index is 2.77. The minimum absolute atomic E-state index is 0.156. The van der Waals surface area contributed by atoms with Gasteiger partial charge in [-0.1, -0.05) is 17.7 Å². The van der Waals surface area contributed by atoms with E-state index in [1.165, 1.54) is 26.4 Å². The second-order valence-electron chi connectivity index (χ2n) is 3.89. The van der Waals surface area contributed by atoms with Gasteiger partial charge >= 0.3 is 0 Å². The molecule has 2 aromatic carbocycles. The Bertz CT molecular complexity index is 594. The number of benzene rings is 2. The van der Waals surface area contributed by atoms with Crippen molar-refractivity contribution < 1.29 is 13.9 Å². The van der Waals surface area contributed by atoms with Gasteiger partial charge in [0.1, 0.15) is 17.3 Å². The second-order valence-corrected chi connectivity index (χ2v) is 4.29. The van der Waals surface area contributed by atoms with Crippen LogP contribution in [0.2, 0.25) is 5.02 Å². The standard InChI is InChI=1S/C14H13ClFNO2/c1-18-11-4-3-5-12(19-2)13(11)9-6-8(16)7-10(15)14(9)17/h3-7H,17H2,1-2H3. The summed E-state index contributed by atoms with van der Waals surface area (Å²) in [5.74, 6) is 0.600. The van der Waals surface area contributed by atoms with E-state index in [-0.39, 0.29) is 10.7 Å². The molecule has 0 aliphatic carbocycles. The van der Waals surface area contributed by atoms with Crippen molar-refractivity contribution in [3.05, 3.63) is 41.2 Å². The molecule has 0 atom stereocenters. The Morgan fingerprint density at radius 2 is 1.68 bits per heavy atom. The van der Waals surface area contributed by atoms with Crippen molar-refractivity contribution >= 4 is 17.3 Å². The number of halogens is 2. The molecule has 19 heavy (non-hydrogen) atoms. The summed E-state index contributed by atoms with van der Waals surface area (Å²) < 4.78 is 24.1. The second kappa shape index (κ2) is 5.36. The van der Waals surface area contributed by atoms with E-state index in [2.05, 4.69) is 0 Å². The van der Waals surface area contributed by atoms with Crippen molar-refractivity contribution in [2.75, 3.05) is 20.0 Å². The Labute approximate surface area is 115 Å². The molecule has 0 fully saturated rings. The summed E-state index contributed by atoms with van der Waals surface area (Å²) in [7, 11) is 3.05. The van der Waals surface area contributed by atoms with Crippen molar-refractivity contribution in [3.8, 4) is 22.6 Å². The fourth-order valence-electron chi connectivity index (χ4n) is 1.91. The van der Waals surface area contributed by atoms with Gasteiger partial charge in [-0.15, -0.1) is 0 Å². The Kier molecular flexibility index (Phi) is 3.81. The molecule has 0 amide bonds. The zero-order valence-corrected chi connectivity index (χ0v) is 11.3. The highest BCUT2D eigenvalue weighted by atomic mass is 35.5. The number of nitrogens with two attached hydrogens (primary N) is 1. The van der Waals surface area contributed by atoms with Crippen molar-refractivity contribution in [3.63, 3.8) is 0 Å². The highest BCUT2D eigenvalue weighted by molar-refractivity contribution is 6.33. The summed E-state index contributed by atoms with van der Waals surface area (Å²) >= 11 is 5.91. The summed E-state index contributed by atoms with van der Waals surface area (Å²) in [5, 5.41) is 0.156. The van der Waals surface area contributed by atoms with Crippen LogP contribution in [0.1, 0.15) is 0 Å².